The van der Waals surface area contributed by atoms with Crippen LogP contribution in [0.15, 0.2) is 77.7 Å². The lowest BCUT2D eigenvalue weighted by Gasteiger charge is -2.34. The van der Waals surface area contributed by atoms with E-state index in [4.69, 9.17) is 9.47 Å². The molecule has 1 atom stereocenters. The van der Waals surface area contributed by atoms with Crippen LogP contribution in [0, 0.1) is 12.8 Å². The molecule has 3 rings (SSSR count). The molecule has 0 radical (unpaired) electrons. The van der Waals surface area contributed by atoms with Crippen molar-refractivity contribution >= 4 is 27.5 Å². The molecule has 3 aromatic rings. The van der Waals surface area contributed by atoms with E-state index >= 15 is 0 Å². The zero-order chi connectivity index (χ0) is 30.9. The maximum Gasteiger partial charge on any atom is 0.264 e. The van der Waals surface area contributed by atoms with Crippen molar-refractivity contribution in [2.24, 2.45) is 5.92 Å². The zero-order valence-electron chi connectivity index (χ0n) is 25.2. The Labute approximate surface area is 249 Å². The van der Waals surface area contributed by atoms with Crippen LogP contribution in [0.5, 0.6) is 11.5 Å². The van der Waals surface area contributed by atoms with E-state index in [-0.39, 0.29) is 34.7 Å². The molecular formula is C32H41N3O6S. The molecule has 0 fully saturated rings. The van der Waals surface area contributed by atoms with Crippen molar-refractivity contribution in [1.29, 1.82) is 0 Å². The third-order valence-corrected chi connectivity index (χ3v) is 8.71. The Morgan fingerprint density at radius 2 is 1.60 bits per heavy atom. The molecule has 0 saturated heterocycles. The second-order valence-corrected chi connectivity index (χ2v) is 12.2. The fourth-order valence-electron chi connectivity index (χ4n) is 4.54. The third kappa shape index (κ3) is 7.82. The molecule has 2 amide bonds. The molecule has 1 N–H and O–H groups in total. The quantitative estimate of drug-likeness (QED) is 0.288. The van der Waals surface area contributed by atoms with Crippen molar-refractivity contribution in [3.8, 4) is 11.5 Å². The number of anilines is 1. The van der Waals surface area contributed by atoms with E-state index in [9.17, 15) is 18.0 Å². The van der Waals surface area contributed by atoms with E-state index in [1.54, 1.807) is 30.3 Å². The topological polar surface area (TPSA) is 105 Å². The maximum atomic E-state index is 14.3. The fraction of sp³-hybridized carbons (Fsp3) is 0.375. The molecule has 0 heterocycles. The van der Waals surface area contributed by atoms with Gasteiger partial charge in [-0.05, 0) is 54.7 Å². The van der Waals surface area contributed by atoms with Crippen molar-refractivity contribution in [1.82, 2.24) is 10.2 Å². The van der Waals surface area contributed by atoms with Crippen LogP contribution in [0.3, 0.4) is 0 Å². The van der Waals surface area contributed by atoms with Crippen molar-refractivity contribution in [2.75, 3.05) is 31.6 Å². The maximum absolute atomic E-state index is 14.3. The number of hydrogen-bond acceptors (Lipinski definition) is 6. The molecule has 0 unspecified atom stereocenters. The van der Waals surface area contributed by atoms with E-state index in [1.165, 1.54) is 37.3 Å². The summed E-state index contributed by atoms with van der Waals surface area (Å²) in [7, 11) is -1.35. The second kappa shape index (κ2) is 14.7. The number of amides is 2. The predicted octanol–water partition coefficient (Wildman–Crippen LogP) is 4.79. The number of carbonyl (C=O) groups is 2. The third-order valence-electron chi connectivity index (χ3n) is 6.94. The molecule has 0 aliphatic rings. The van der Waals surface area contributed by atoms with Crippen LogP contribution in [0.2, 0.25) is 0 Å². The lowest BCUT2D eigenvalue weighted by Crippen LogP contribution is -2.52. The molecule has 9 nitrogen and oxygen atoms in total. The Balaban J connectivity index is 2.13. The number of benzene rings is 3. The molecule has 3 aromatic carbocycles. The van der Waals surface area contributed by atoms with Gasteiger partial charge in [-0.15, -0.1) is 0 Å². The van der Waals surface area contributed by atoms with E-state index in [0.29, 0.717) is 18.7 Å². The molecule has 226 valence electrons. The summed E-state index contributed by atoms with van der Waals surface area (Å²) in [6.45, 7) is 7.77. The predicted molar refractivity (Wildman–Crippen MR) is 164 cm³/mol. The second-order valence-electron chi connectivity index (χ2n) is 10.4. The number of nitrogens with one attached hydrogen (secondary N) is 1. The largest absolute Gasteiger partial charge is 0.497 e. The SMILES string of the molecule is CC[C@@H](C(=O)NCC(C)C)N(Cc1ccccc1C)C(=O)CN(c1cc(OC)ccc1OC)S(=O)(=O)c1ccccc1. The Morgan fingerprint density at radius 1 is 0.929 bits per heavy atom. The minimum atomic E-state index is -4.25. The van der Waals surface area contributed by atoms with Crippen LogP contribution < -0.4 is 19.1 Å². The van der Waals surface area contributed by atoms with E-state index in [0.717, 1.165) is 15.4 Å². The summed E-state index contributed by atoms with van der Waals surface area (Å²) in [5, 5.41) is 2.94. The van der Waals surface area contributed by atoms with Gasteiger partial charge in [0.2, 0.25) is 11.8 Å². The average molecular weight is 596 g/mol. The minimum Gasteiger partial charge on any atom is -0.497 e. The van der Waals surface area contributed by atoms with E-state index < -0.39 is 28.5 Å². The van der Waals surface area contributed by atoms with Crippen LogP contribution in [-0.2, 0) is 26.2 Å². The van der Waals surface area contributed by atoms with Gasteiger partial charge in [-0.3, -0.25) is 13.9 Å². The van der Waals surface area contributed by atoms with Gasteiger partial charge < -0.3 is 19.7 Å². The Morgan fingerprint density at radius 3 is 2.19 bits per heavy atom. The summed E-state index contributed by atoms with van der Waals surface area (Å²) in [4.78, 5) is 29.1. The zero-order valence-corrected chi connectivity index (χ0v) is 26.0. The highest BCUT2D eigenvalue weighted by molar-refractivity contribution is 7.92. The van der Waals surface area contributed by atoms with Crippen LogP contribution in [-0.4, -0.2) is 58.5 Å². The molecule has 0 aromatic heterocycles. The summed E-state index contributed by atoms with van der Waals surface area (Å²) in [6, 6.07) is 19.4. The van der Waals surface area contributed by atoms with Gasteiger partial charge in [0.1, 0.15) is 24.1 Å². The lowest BCUT2D eigenvalue weighted by atomic mass is 10.1. The number of rotatable bonds is 14. The summed E-state index contributed by atoms with van der Waals surface area (Å²) >= 11 is 0. The van der Waals surface area contributed by atoms with Crippen molar-refractivity contribution in [2.45, 2.75) is 51.6 Å². The van der Waals surface area contributed by atoms with Gasteiger partial charge in [0.05, 0.1) is 24.8 Å². The number of hydrogen-bond donors (Lipinski definition) is 1. The summed E-state index contributed by atoms with van der Waals surface area (Å²) < 4.78 is 40.1. The average Bonchev–Trinajstić information content (AvgIpc) is 2.99. The van der Waals surface area contributed by atoms with E-state index in [2.05, 4.69) is 5.32 Å². The lowest BCUT2D eigenvalue weighted by molar-refractivity contribution is -0.140. The van der Waals surface area contributed by atoms with Gasteiger partial charge in [0.15, 0.2) is 0 Å². The smallest absolute Gasteiger partial charge is 0.264 e. The number of carbonyl (C=O) groups excluding carboxylic acids is 2. The molecule has 0 spiro atoms. The number of aryl methyl sites for hydroxylation is 1. The van der Waals surface area contributed by atoms with Gasteiger partial charge in [-0.1, -0.05) is 63.2 Å². The van der Waals surface area contributed by atoms with Crippen molar-refractivity contribution < 1.29 is 27.5 Å². The van der Waals surface area contributed by atoms with Crippen LogP contribution in [0.1, 0.15) is 38.3 Å². The number of ether oxygens (including phenoxy) is 2. The Hall–Kier alpha value is -4.05. The summed E-state index contributed by atoms with van der Waals surface area (Å²) in [5.74, 6) is 0.0378. The van der Waals surface area contributed by atoms with Gasteiger partial charge in [-0.2, -0.15) is 0 Å². The molecule has 42 heavy (non-hydrogen) atoms. The van der Waals surface area contributed by atoms with E-state index in [1.807, 2.05) is 52.0 Å². The standard InChI is InChI=1S/C32H41N3O6S/c1-7-28(32(37)33-20-23(2)3)34(21-25-14-12-11-13-24(25)4)31(36)22-35(42(38,39)27-15-9-8-10-16-27)29-19-26(40-5)17-18-30(29)41-6/h8-19,23,28H,7,20-22H2,1-6H3,(H,33,37)/t28-/m0/s1. The molecule has 0 aliphatic heterocycles. The van der Waals surface area contributed by atoms with Gasteiger partial charge in [0, 0.05) is 19.2 Å². The number of sulfonamides is 1. The first-order chi connectivity index (χ1) is 20.0. The van der Waals surface area contributed by atoms with Crippen molar-refractivity contribution in [3.05, 3.63) is 83.9 Å². The monoisotopic (exact) mass is 595 g/mol. The van der Waals surface area contributed by atoms with Gasteiger partial charge in [-0.25, -0.2) is 8.42 Å². The molecule has 0 aliphatic carbocycles. The highest BCUT2D eigenvalue weighted by Gasteiger charge is 2.35. The first-order valence-corrected chi connectivity index (χ1v) is 15.4. The number of methoxy groups -OCH3 is 2. The summed E-state index contributed by atoms with van der Waals surface area (Å²) in [6.07, 6.45) is 0.343. The fourth-order valence-corrected chi connectivity index (χ4v) is 5.98. The van der Waals surface area contributed by atoms with Gasteiger partial charge >= 0.3 is 0 Å². The van der Waals surface area contributed by atoms with Gasteiger partial charge in [0.25, 0.3) is 10.0 Å². The number of nitrogens with zero attached hydrogens (tertiary/aromatic N) is 2. The van der Waals surface area contributed by atoms with Crippen LogP contribution >= 0.6 is 0 Å². The highest BCUT2D eigenvalue weighted by atomic mass is 32.2. The van der Waals surface area contributed by atoms with Crippen LogP contribution in [0.4, 0.5) is 5.69 Å². The minimum absolute atomic E-state index is 0.00912. The molecular weight excluding hydrogens is 554 g/mol. The normalized spacial score (nSPS) is 12.0. The highest BCUT2D eigenvalue weighted by Crippen LogP contribution is 2.36. The Kier molecular flexibility index (Phi) is 11.4. The first-order valence-electron chi connectivity index (χ1n) is 13.9. The van der Waals surface area contributed by atoms with Crippen molar-refractivity contribution in [3.63, 3.8) is 0 Å². The Bertz CT molecular complexity index is 1460. The van der Waals surface area contributed by atoms with Crippen LogP contribution in [0.25, 0.3) is 0 Å². The first kappa shape index (κ1) is 32.5. The molecule has 0 bridgehead atoms. The molecule has 0 saturated carbocycles. The molecule has 10 heteroatoms. The summed E-state index contributed by atoms with van der Waals surface area (Å²) in [5.41, 5.74) is 1.95.